The van der Waals surface area contributed by atoms with E-state index in [9.17, 15) is 9.59 Å². The second kappa shape index (κ2) is 8.16. The standard InChI is InChI=1S/C19H25N3O3/c1-2-20-19(24)21-10-14-6-5-9-22(11-14)12-15-13-25-17-8-4-3-7-16(17)18(15)23/h3-4,7-8,13-14H,2,5-6,9-12H2,1H3,(H2,20,21,24). The van der Waals surface area contributed by atoms with E-state index in [-0.39, 0.29) is 11.5 Å². The molecule has 2 amide bonds. The molecule has 6 heteroatoms. The molecule has 0 saturated carbocycles. The molecule has 0 spiro atoms. The summed E-state index contributed by atoms with van der Waals surface area (Å²) in [5.74, 6) is 0.406. The number of rotatable bonds is 5. The summed E-state index contributed by atoms with van der Waals surface area (Å²) >= 11 is 0. The minimum atomic E-state index is -0.116. The number of likely N-dealkylation sites (tertiary alicyclic amines) is 1. The van der Waals surface area contributed by atoms with Crippen molar-refractivity contribution in [2.24, 2.45) is 5.92 Å². The van der Waals surface area contributed by atoms with Gasteiger partial charge < -0.3 is 15.1 Å². The summed E-state index contributed by atoms with van der Waals surface area (Å²) < 4.78 is 5.61. The third-order valence-electron chi connectivity index (χ3n) is 4.64. The Morgan fingerprint density at radius 1 is 1.32 bits per heavy atom. The molecule has 1 aromatic heterocycles. The van der Waals surface area contributed by atoms with Crippen molar-refractivity contribution in [1.82, 2.24) is 15.5 Å². The Kier molecular flexibility index (Phi) is 5.71. The number of amides is 2. The van der Waals surface area contributed by atoms with Crippen LogP contribution in [0, 0.1) is 5.92 Å². The second-order valence-electron chi connectivity index (χ2n) is 6.57. The first kappa shape index (κ1) is 17.5. The van der Waals surface area contributed by atoms with Crippen molar-refractivity contribution in [2.45, 2.75) is 26.3 Å². The van der Waals surface area contributed by atoms with Crippen molar-refractivity contribution >= 4 is 17.0 Å². The van der Waals surface area contributed by atoms with Gasteiger partial charge in [-0.15, -0.1) is 0 Å². The average molecular weight is 343 g/mol. The summed E-state index contributed by atoms with van der Waals surface area (Å²) in [5.41, 5.74) is 1.36. The highest BCUT2D eigenvalue weighted by molar-refractivity contribution is 5.76. The van der Waals surface area contributed by atoms with Gasteiger partial charge in [0.2, 0.25) is 0 Å². The number of benzene rings is 1. The predicted octanol–water partition coefficient (Wildman–Crippen LogP) is 2.32. The molecule has 1 aliphatic rings. The summed E-state index contributed by atoms with van der Waals surface area (Å²) in [7, 11) is 0. The quantitative estimate of drug-likeness (QED) is 0.874. The van der Waals surface area contributed by atoms with Crippen LogP contribution in [0.4, 0.5) is 4.79 Å². The van der Waals surface area contributed by atoms with Crippen LogP contribution < -0.4 is 16.1 Å². The zero-order valence-electron chi connectivity index (χ0n) is 14.6. The summed E-state index contributed by atoms with van der Waals surface area (Å²) in [6, 6.07) is 7.22. The summed E-state index contributed by atoms with van der Waals surface area (Å²) in [6.07, 6.45) is 3.75. The minimum Gasteiger partial charge on any atom is -0.464 e. The second-order valence-corrected chi connectivity index (χ2v) is 6.57. The number of piperidine rings is 1. The van der Waals surface area contributed by atoms with Crippen LogP contribution in [-0.2, 0) is 6.54 Å². The number of carbonyl (C=O) groups excluding carboxylic acids is 1. The first-order valence-electron chi connectivity index (χ1n) is 8.91. The Bertz CT molecular complexity index is 787. The number of para-hydroxylation sites is 1. The largest absolute Gasteiger partial charge is 0.464 e. The first-order chi connectivity index (χ1) is 12.2. The highest BCUT2D eigenvalue weighted by Gasteiger charge is 2.21. The predicted molar refractivity (Wildman–Crippen MR) is 97.6 cm³/mol. The van der Waals surface area contributed by atoms with Gasteiger partial charge in [-0.25, -0.2) is 4.79 Å². The molecule has 2 heterocycles. The fraction of sp³-hybridized carbons (Fsp3) is 0.474. The minimum absolute atomic E-state index is 0.0458. The van der Waals surface area contributed by atoms with Crippen molar-refractivity contribution in [3.63, 3.8) is 0 Å². The number of nitrogens with one attached hydrogen (secondary N) is 2. The van der Waals surface area contributed by atoms with E-state index >= 15 is 0 Å². The SMILES string of the molecule is CCNC(=O)NCC1CCCN(Cc2coc3ccccc3c2=O)C1. The van der Waals surface area contributed by atoms with Crippen LogP contribution in [-0.4, -0.2) is 37.1 Å². The van der Waals surface area contributed by atoms with E-state index in [0.717, 1.165) is 25.9 Å². The zero-order chi connectivity index (χ0) is 17.6. The monoisotopic (exact) mass is 343 g/mol. The Balaban J connectivity index is 1.62. The van der Waals surface area contributed by atoms with Crippen molar-refractivity contribution in [2.75, 3.05) is 26.2 Å². The number of urea groups is 1. The Morgan fingerprint density at radius 3 is 3.00 bits per heavy atom. The molecule has 0 radical (unpaired) electrons. The van der Waals surface area contributed by atoms with Gasteiger partial charge in [0.25, 0.3) is 0 Å². The lowest BCUT2D eigenvalue weighted by atomic mass is 9.97. The lowest BCUT2D eigenvalue weighted by Crippen LogP contribution is -2.43. The molecular formula is C19H25N3O3. The van der Waals surface area contributed by atoms with Crippen LogP contribution in [0.3, 0.4) is 0 Å². The molecule has 1 aromatic carbocycles. The maximum absolute atomic E-state index is 12.6. The normalized spacial score (nSPS) is 18.2. The van der Waals surface area contributed by atoms with Crippen LogP contribution in [0.1, 0.15) is 25.3 Å². The third kappa shape index (κ3) is 4.39. The molecule has 3 rings (SSSR count). The van der Waals surface area contributed by atoms with Gasteiger partial charge in [-0.2, -0.15) is 0 Å². The van der Waals surface area contributed by atoms with Crippen LogP contribution in [0.5, 0.6) is 0 Å². The maximum Gasteiger partial charge on any atom is 0.314 e. The number of fused-ring (bicyclic) bond motifs is 1. The topological polar surface area (TPSA) is 74.6 Å². The maximum atomic E-state index is 12.6. The Labute approximate surface area is 147 Å². The first-order valence-corrected chi connectivity index (χ1v) is 8.91. The van der Waals surface area contributed by atoms with Gasteiger partial charge in [0.15, 0.2) is 5.43 Å². The van der Waals surface area contributed by atoms with E-state index in [1.165, 1.54) is 0 Å². The molecule has 6 nitrogen and oxygen atoms in total. The van der Waals surface area contributed by atoms with E-state index in [1.807, 2.05) is 25.1 Å². The molecule has 0 bridgehead atoms. The van der Waals surface area contributed by atoms with Crippen LogP contribution in [0.2, 0.25) is 0 Å². The van der Waals surface area contributed by atoms with Gasteiger partial charge in [0, 0.05) is 31.7 Å². The van der Waals surface area contributed by atoms with E-state index in [2.05, 4.69) is 15.5 Å². The van der Waals surface area contributed by atoms with Gasteiger partial charge in [-0.1, -0.05) is 12.1 Å². The molecule has 1 aliphatic heterocycles. The highest BCUT2D eigenvalue weighted by atomic mass is 16.3. The van der Waals surface area contributed by atoms with Gasteiger partial charge in [0.05, 0.1) is 11.6 Å². The van der Waals surface area contributed by atoms with Crippen molar-refractivity contribution in [3.05, 3.63) is 46.3 Å². The molecular weight excluding hydrogens is 318 g/mol. The summed E-state index contributed by atoms with van der Waals surface area (Å²) in [6.45, 7) is 5.61. The lowest BCUT2D eigenvalue weighted by Gasteiger charge is -2.32. The molecule has 2 aromatic rings. The smallest absolute Gasteiger partial charge is 0.314 e. The molecule has 1 saturated heterocycles. The molecule has 0 aliphatic carbocycles. The van der Waals surface area contributed by atoms with Crippen LogP contribution in [0.25, 0.3) is 11.0 Å². The molecule has 2 N–H and O–H groups in total. The van der Waals surface area contributed by atoms with Gasteiger partial charge in [0.1, 0.15) is 5.58 Å². The van der Waals surface area contributed by atoms with E-state index in [1.54, 1.807) is 12.3 Å². The molecule has 1 atom stereocenters. The van der Waals surface area contributed by atoms with Crippen molar-refractivity contribution in [1.29, 1.82) is 0 Å². The zero-order valence-corrected chi connectivity index (χ0v) is 14.6. The fourth-order valence-corrected chi connectivity index (χ4v) is 3.39. The fourth-order valence-electron chi connectivity index (χ4n) is 3.39. The lowest BCUT2D eigenvalue weighted by molar-refractivity contribution is 0.164. The number of hydrogen-bond donors (Lipinski definition) is 2. The van der Waals surface area contributed by atoms with Gasteiger partial charge in [-0.05, 0) is 44.4 Å². The summed E-state index contributed by atoms with van der Waals surface area (Å²) in [4.78, 5) is 26.4. The van der Waals surface area contributed by atoms with Crippen molar-refractivity contribution in [3.8, 4) is 0 Å². The number of carbonyl (C=O) groups is 1. The van der Waals surface area contributed by atoms with Crippen molar-refractivity contribution < 1.29 is 9.21 Å². The average Bonchev–Trinajstić information content (AvgIpc) is 2.63. The third-order valence-corrected chi connectivity index (χ3v) is 4.64. The highest BCUT2D eigenvalue weighted by Crippen LogP contribution is 2.18. The van der Waals surface area contributed by atoms with E-state index < -0.39 is 0 Å². The van der Waals surface area contributed by atoms with Gasteiger partial charge in [-0.3, -0.25) is 9.69 Å². The number of hydrogen-bond acceptors (Lipinski definition) is 4. The Hall–Kier alpha value is -2.34. The van der Waals surface area contributed by atoms with Crippen LogP contribution >= 0.6 is 0 Å². The molecule has 1 fully saturated rings. The van der Waals surface area contributed by atoms with E-state index in [4.69, 9.17) is 4.42 Å². The Morgan fingerprint density at radius 2 is 2.16 bits per heavy atom. The molecule has 134 valence electrons. The van der Waals surface area contributed by atoms with Crippen LogP contribution in [0.15, 0.2) is 39.7 Å². The summed E-state index contributed by atoms with van der Waals surface area (Å²) in [5, 5.41) is 6.29. The number of nitrogens with zero attached hydrogens (tertiary/aromatic N) is 1. The van der Waals surface area contributed by atoms with Gasteiger partial charge >= 0.3 is 6.03 Å². The molecule has 25 heavy (non-hydrogen) atoms. The molecule has 1 unspecified atom stereocenters. The van der Waals surface area contributed by atoms with E-state index in [0.29, 0.717) is 42.1 Å².